The number of furan rings is 1. The van der Waals surface area contributed by atoms with Crippen molar-refractivity contribution in [2.24, 2.45) is 0 Å². The van der Waals surface area contributed by atoms with Crippen LogP contribution in [0.15, 0.2) is 21.0 Å². The SMILES string of the molecule is Cc1ccc(CNc2nnc(CNC(C)C)o2)o1. The summed E-state index contributed by atoms with van der Waals surface area (Å²) in [4.78, 5) is 0. The van der Waals surface area contributed by atoms with Gasteiger partial charge in [0.2, 0.25) is 5.89 Å². The summed E-state index contributed by atoms with van der Waals surface area (Å²) in [6, 6.07) is 4.63. The average Bonchev–Trinajstić information content (AvgIpc) is 2.93. The van der Waals surface area contributed by atoms with Gasteiger partial charge in [-0.3, -0.25) is 0 Å². The second kappa shape index (κ2) is 5.68. The minimum atomic E-state index is 0.388. The summed E-state index contributed by atoms with van der Waals surface area (Å²) in [6.07, 6.45) is 0. The Bertz CT molecular complexity index is 490. The summed E-state index contributed by atoms with van der Waals surface area (Å²) in [7, 11) is 0. The number of hydrogen-bond donors (Lipinski definition) is 2. The van der Waals surface area contributed by atoms with Gasteiger partial charge in [0.25, 0.3) is 0 Å². The van der Waals surface area contributed by atoms with Gasteiger partial charge in [-0.25, -0.2) is 0 Å². The molecule has 0 atom stereocenters. The lowest BCUT2D eigenvalue weighted by Gasteiger charge is -2.03. The molecule has 0 saturated heterocycles. The molecule has 0 aliphatic heterocycles. The van der Waals surface area contributed by atoms with Crippen molar-refractivity contribution in [2.75, 3.05) is 5.32 Å². The Morgan fingerprint density at radius 1 is 1.17 bits per heavy atom. The van der Waals surface area contributed by atoms with E-state index in [9.17, 15) is 0 Å². The number of aryl methyl sites for hydroxylation is 1. The van der Waals surface area contributed by atoms with Crippen LogP contribution in [0, 0.1) is 6.92 Å². The van der Waals surface area contributed by atoms with Gasteiger partial charge in [-0.05, 0) is 19.1 Å². The van der Waals surface area contributed by atoms with E-state index in [0.29, 0.717) is 31.0 Å². The van der Waals surface area contributed by atoms with Crippen molar-refractivity contribution in [3.05, 3.63) is 29.5 Å². The van der Waals surface area contributed by atoms with Crippen LogP contribution in [0.4, 0.5) is 6.01 Å². The molecule has 98 valence electrons. The minimum absolute atomic E-state index is 0.388. The number of anilines is 1. The van der Waals surface area contributed by atoms with Gasteiger partial charge in [-0.1, -0.05) is 18.9 Å². The quantitative estimate of drug-likeness (QED) is 0.817. The molecule has 6 nitrogen and oxygen atoms in total. The molecular weight excluding hydrogens is 232 g/mol. The lowest BCUT2D eigenvalue weighted by molar-refractivity contribution is 0.453. The normalized spacial score (nSPS) is 11.1. The van der Waals surface area contributed by atoms with Gasteiger partial charge in [0, 0.05) is 6.04 Å². The van der Waals surface area contributed by atoms with E-state index in [-0.39, 0.29) is 0 Å². The molecule has 2 aromatic heterocycles. The molecule has 0 amide bonds. The predicted octanol–water partition coefficient (Wildman–Crippen LogP) is 2.08. The molecule has 0 aliphatic rings. The fourth-order valence-corrected chi connectivity index (χ4v) is 1.43. The second-order valence-corrected chi connectivity index (χ2v) is 4.40. The molecule has 0 aliphatic carbocycles. The highest BCUT2D eigenvalue weighted by molar-refractivity contribution is 5.19. The van der Waals surface area contributed by atoms with Crippen LogP contribution in [0.1, 0.15) is 31.3 Å². The molecule has 18 heavy (non-hydrogen) atoms. The van der Waals surface area contributed by atoms with Gasteiger partial charge in [0.15, 0.2) is 0 Å². The Kier molecular flexibility index (Phi) is 3.99. The predicted molar refractivity (Wildman–Crippen MR) is 67.0 cm³/mol. The molecule has 0 fully saturated rings. The molecule has 0 aromatic carbocycles. The van der Waals surface area contributed by atoms with Crippen LogP contribution >= 0.6 is 0 Å². The molecule has 0 radical (unpaired) electrons. The van der Waals surface area contributed by atoms with Gasteiger partial charge in [-0.2, -0.15) is 0 Å². The van der Waals surface area contributed by atoms with Gasteiger partial charge < -0.3 is 19.5 Å². The molecule has 2 heterocycles. The van der Waals surface area contributed by atoms with Crippen molar-refractivity contribution in [1.82, 2.24) is 15.5 Å². The third-order valence-electron chi connectivity index (χ3n) is 2.34. The van der Waals surface area contributed by atoms with E-state index >= 15 is 0 Å². The van der Waals surface area contributed by atoms with Gasteiger partial charge >= 0.3 is 6.01 Å². The zero-order valence-electron chi connectivity index (χ0n) is 10.9. The average molecular weight is 250 g/mol. The second-order valence-electron chi connectivity index (χ2n) is 4.40. The zero-order valence-corrected chi connectivity index (χ0v) is 10.9. The maximum atomic E-state index is 5.43. The first-order chi connectivity index (χ1) is 8.63. The molecule has 2 aromatic rings. The lowest BCUT2D eigenvalue weighted by Crippen LogP contribution is -2.21. The van der Waals surface area contributed by atoms with E-state index in [0.717, 1.165) is 11.5 Å². The molecule has 2 rings (SSSR count). The minimum Gasteiger partial charge on any atom is -0.465 e. The lowest BCUT2D eigenvalue weighted by atomic mass is 10.4. The summed E-state index contributed by atoms with van der Waals surface area (Å²) in [6.45, 7) is 7.15. The maximum Gasteiger partial charge on any atom is 0.315 e. The van der Waals surface area contributed by atoms with Crippen LogP contribution in [0.3, 0.4) is 0 Å². The van der Waals surface area contributed by atoms with Crippen LogP contribution < -0.4 is 10.6 Å². The van der Waals surface area contributed by atoms with E-state index in [4.69, 9.17) is 8.83 Å². The summed E-state index contributed by atoms with van der Waals surface area (Å²) >= 11 is 0. The Morgan fingerprint density at radius 2 is 2.00 bits per heavy atom. The van der Waals surface area contributed by atoms with Crippen molar-refractivity contribution in [3.8, 4) is 0 Å². The van der Waals surface area contributed by atoms with Crippen molar-refractivity contribution in [3.63, 3.8) is 0 Å². The van der Waals surface area contributed by atoms with E-state index in [2.05, 4.69) is 34.7 Å². The van der Waals surface area contributed by atoms with Crippen molar-refractivity contribution >= 4 is 6.01 Å². The van der Waals surface area contributed by atoms with Crippen molar-refractivity contribution in [2.45, 2.75) is 39.9 Å². The zero-order chi connectivity index (χ0) is 13.0. The highest BCUT2D eigenvalue weighted by atomic mass is 16.4. The monoisotopic (exact) mass is 250 g/mol. The first-order valence-electron chi connectivity index (χ1n) is 5.98. The van der Waals surface area contributed by atoms with Gasteiger partial charge in [0.1, 0.15) is 11.5 Å². The first kappa shape index (κ1) is 12.6. The Hall–Kier alpha value is -1.82. The fraction of sp³-hybridized carbons (Fsp3) is 0.500. The van der Waals surface area contributed by atoms with Crippen LogP contribution in [-0.2, 0) is 13.1 Å². The Morgan fingerprint density at radius 3 is 2.67 bits per heavy atom. The molecule has 0 unspecified atom stereocenters. The van der Waals surface area contributed by atoms with Crippen LogP contribution in [-0.4, -0.2) is 16.2 Å². The van der Waals surface area contributed by atoms with E-state index in [1.54, 1.807) is 0 Å². The Balaban J connectivity index is 1.83. The van der Waals surface area contributed by atoms with E-state index in [1.165, 1.54) is 0 Å². The number of nitrogens with zero attached hydrogens (tertiary/aromatic N) is 2. The van der Waals surface area contributed by atoms with Crippen molar-refractivity contribution in [1.29, 1.82) is 0 Å². The number of aromatic nitrogens is 2. The van der Waals surface area contributed by atoms with E-state index in [1.807, 2.05) is 19.1 Å². The van der Waals surface area contributed by atoms with Gasteiger partial charge in [0.05, 0.1) is 13.1 Å². The summed E-state index contributed by atoms with van der Waals surface area (Å²) < 4.78 is 10.9. The van der Waals surface area contributed by atoms with E-state index < -0.39 is 0 Å². The van der Waals surface area contributed by atoms with Crippen LogP contribution in [0.2, 0.25) is 0 Å². The topological polar surface area (TPSA) is 76.1 Å². The molecule has 0 spiro atoms. The largest absolute Gasteiger partial charge is 0.465 e. The number of nitrogens with one attached hydrogen (secondary N) is 2. The van der Waals surface area contributed by atoms with Crippen LogP contribution in [0.25, 0.3) is 0 Å². The van der Waals surface area contributed by atoms with Gasteiger partial charge in [-0.15, -0.1) is 5.10 Å². The number of rotatable bonds is 6. The summed E-state index contributed by atoms with van der Waals surface area (Å²) in [5.74, 6) is 2.30. The smallest absolute Gasteiger partial charge is 0.315 e. The highest BCUT2D eigenvalue weighted by Gasteiger charge is 2.06. The standard InChI is InChI=1S/C12H18N4O2/c1-8(2)13-7-11-15-16-12(18-11)14-6-10-5-4-9(3)17-10/h4-5,8,13H,6-7H2,1-3H3,(H,14,16). The Labute approximate surface area is 106 Å². The maximum absolute atomic E-state index is 5.43. The third kappa shape index (κ3) is 3.59. The number of hydrogen-bond acceptors (Lipinski definition) is 6. The summed E-state index contributed by atoms with van der Waals surface area (Å²) in [5, 5.41) is 14.1. The molecule has 6 heteroatoms. The highest BCUT2D eigenvalue weighted by Crippen LogP contribution is 2.10. The third-order valence-corrected chi connectivity index (χ3v) is 2.34. The first-order valence-corrected chi connectivity index (χ1v) is 5.98. The van der Waals surface area contributed by atoms with Crippen LogP contribution in [0.5, 0.6) is 0 Å². The fourth-order valence-electron chi connectivity index (χ4n) is 1.43. The molecule has 2 N–H and O–H groups in total. The molecule has 0 bridgehead atoms. The summed E-state index contributed by atoms with van der Waals surface area (Å²) in [5.41, 5.74) is 0. The molecule has 0 saturated carbocycles. The van der Waals surface area contributed by atoms with Crippen molar-refractivity contribution < 1.29 is 8.83 Å². The molecular formula is C12H18N4O2.